The number of nitrogens with zero attached hydrogens (tertiary/aromatic N) is 2. The maximum atomic E-state index is 12.1. The SMILES string of the molecule is Cc1cccc2nc3c4cccnc4c(=O)cc-3oc12. The van der Waals surface area contributed by atoms with E-state index in [1.54, 1.807) is 12.3 Å². The molecule has 0 radical (unpaired) electrons. The van der Waals surface area contributed by atoms with Crippen LogP contribution in [0.3, 0.4) is 0 Å². The third-order valence-corrected chi connectivity index (χ3v) is 3.43. The summed E-state index contributed by atoms with van der Waals surface area (Å²) in [6.07, 6.45) is 1.61. The number of aromatic nitrogens is 2. The van der Waals surface area contributed by atoms with Crippen molar-refractivity contribution in [3.63, 3.8) is 0 Å². The van der Waals surface area contributed by atoms with Crippen LogP contribution in [0.4, 0.5) is 0 Å². The highest BCUT2D eigenvalue weighted by molar-refractivity contribution is 5.94. The topological polar surface area (TPSA) is 56.0 Å². The highest BCUT2D eigenvalue weighted by Gasteiger charge is 2.16. The number of benzene rings is 2. The quantitative estimate of drug-likeness (QED) is 0.361. The van der Waals surface area contributed by atoms with Crippen molar-refractivity contribution in [2.75, 3.05) is 0 Å². The lowest BCUT2D eigenvalue weighted by atomic mass is 10.1. The standard InChI is InChI=1S/C16H10N2O2/c1-9-4-2-6-11-16(9)20-13-8-12(19)14-10(15(13)18-11)5-3-7-17-14/h2-8H,1H3. The number of fused-ring (bicyclic) bond motifs is 4. The van der Waals surface area contributed by atoms with Crippen molar-refractivity contribution < 1.29 is 4.42 Å². The molecule has 0 unspecified atom stereocenters. The van der Waals surface area contributed by atoms with Gasteiger partial charge in [-0.25, -0.2) is 4.98 Å². The Balaban J connectivity index is 2.29. The maximum absolute atomic E-state index is 12.1. The lowest BCUT2D eigenvalue weighted by Crippen LogP contribution is -2.05. The van der Waals surface area contributed by atoms with Gasteiger partial charge in [0.15, 0.2) is 11.3 Å². The molecule has 0 spiro atoms. The molecular weight excluding hydrogens is 252 g/mol. The van der Waals surface area contributed by atoms with Gasteiger partial charge < -0.3 is 4.42 Å². The van der Waals surface area contributed by atoms with Crippen LogP contribution in [0.15, 0.2) is 51.8 Å². The number of pyridine rings is 1. The van der Waals surface area contributed by atoms with Gasteiger partial charge in [0.25, 0.3) is 0 Å². The van der Waals surface area contributed by atoms with E-state index in [0.29, 0.717) is 22.6 Å². The molecule has 0 saturated carbocycles. The predicted molar refractivity (Wildman–Crippen MR) is 76.9 cm³/mol. The Morgan fingerprint density at radius 3 is 2.95 bits per heavy atom. The highest BCUT2D eigenvalue weighted by Crippen LogP contribution is 2.30. The Morgan fingerprint density at radius 1 is 1.15 bits per heavy atom. The lowest BCUT2D eigenvalue weighted by Gasteiger charge is -2.09. The van der Waals surface area contributed by atoms with E-state index in [1.165, 1.54) is 6.07 Å². The fourth-order valence-corrected chi connectivity index (χ4v) is 2.46. The predicted octanol–water partition coefficient (Wildman–Crippen LogP) is 3.15. The van der Waals surface area contributed by atoms with Crippen LogP contribution in [0, 0.1) is 6.92 Å². The van der Waals surface area contributed by atoms with Gasteiger partial charge in [-0.05, 0) is 30.7 Å². The Bertz CT molecular complexity index is 988. The summed E-state index contributed by atoms with van der Waals surface area (Å²) in [6.45, 7) is 1.96. The van der Waals surface area contributed by atoms with E-state index >= 15 is 0 Å². The van der Waals surface area contributed by atoms with E-state index < -0.39 is 0 Å². The van der Waals surface area contributed by atoms with Crippen LogP contribution in [-0.2, 0) is 0 Å². The Kier molecular flexibility index (Phi) is 2.15. The van der Waals surface area contributed by atoms with E-state index in [9.17, 15) is 4.79 Å². The fraction of sp³-hybridized carbons (Fsp3) is 0.0625. The van der Waals surface area contributed by atoms with Crippen molar-refractivity contribution in [1.82, 2.24) is 9.97 Å². The first-order valence-electron chi connectivity index (χ1n) is 6.32. The summed E-state index contributed by atoms with van der Waals surface area (Å²) in [6, 6.07) is 10.9. The summed E-state index contributed by atoms with van der Waals surface area (Å²) in [4.78, 5) is 20.8. The normalized spacial score (nSPS) is 11.4. The average molecular weight is 262 g/mol. The van der Waals surface area contributed by atoms with E-state index in [1.807, 2.05) is 31.2 Å². The molecular formula is C16H10N2O2. The second-order valence-electron chi connectivity index (χ2n) is 4.76. The third-order valence-electron chi connectivity index (χ3n) is 3.43. The molecule has 2 aromatic rings. The fourth-order valence-electron chi connectivity index (χ4n) is 2.46. The summed E-state index contributed by atoms with van der Waals surface area (Å²) in [7, 11) is 0. The second-order valence-corrected chi connectivity index (χ2v) is 4.76. The van der Waals surface area contributed by atoms with E-state index in [4.69, 9.17) is 4.42 Å². The third kappa shape index (κ3) is 1.45. The zero-order valence-electron chi connectivity index (χ0n) is 10.8. The van der Waals surface area contributed by atoms with Gasteiger partial charge in [0, 0.05) is 17.6 Å². The van der Waals surface area contributed by atoms with Crippen molar-refractivity contribution in [3.8, 4) is 11.5 Å². The zero-order valence-corrected chi connectivity index (χ0v) is 10.8. The summed E-state index contributed by atoms with van der Waals surface area (Å²) in [5.41, 5.74) is 3.44. The Morgan fingerprint density at radius 2 is 2.05 bits per heavy atom. The second kappa shape index (κ2) is 3.87. The minimum absolute atomic E-state index is 0.147. The highest BCUT2D eigenvalue weighted by atomic mass is 16.3. The molecule has 0 amide bonds. The van der Waals surface area contributed by atoms with Crippen molar-refractivity contribution in [2.45, 2.75) is 6.92 Å². The van der Waals surface area contributed by atoms with Crippen molar-refractivity contribution in [3.05, 3.63) is 58.4 Å². The number of hydrogen-bond donors (Lipinski definition) is 0. The molecule has 2 aliphatic rings. The molecule has 0 N–H and O–H groups in total. The summed E-state index contributed by atoms with van der Waals surface area (Å²) < 4.78 is 5.88. The van der Waals surface area contributed by atoms with Crippen LogP contribution in [0.25, 0.3) is 33.5 Å². The van der Waals surface area contributed by atoms with E-state index in [0.717, 1.165) is 16.5 Å². The van der Waals surface area contributed by atoms with E-state index in [-0.39, 0.29) is 5.43 Å². The molecule has 4 rings (SSSR count). The molecule has 0 bridgehead atoms. The molecule has 2 heterocycles. The summed E-state index contributed by atoms with van der Waals surface area (Å²) >= 11 is 0. The molecule has 1 aromatic heterocycles. The first-order chi connectivity index (χ1) is 9.74. The van der Waals surface area contributed by atoms with Gasteiger partial charge in [-0.1, -0.05) is 12.1 Å². The number of rotatable bonds is 0. The van der Waals surface area contributed by atoms with Crippen LogP contribution >= 0.6 is 0 Å². The Labute approximate surface area is 114 Å². The molecule has 0 fully saturated rings. The molecule has 4 nitrogen and oxygen atoms in total. The van der Waals surface area contributed by atoms with Gasteiger partial charge in [-0.2, -0.15) is 0 Å². The van der Waals surface area contributed by atoms with Gasteiger partial charge in [-0.3, -0.25) is 9.78 Å². The molecule has 20 heavy (non-hydrogen) atoms. The molecule has 4 heteroatoms. The zero-order chi connectivity index (χ0) is 13.7. The smallest absolute Gasteiger partial charge is 0.208 e. The first-order valence-corrected chi connectivity index (χ1v) is 6.32. The first kappa shape index (κ1) is 11.1. The van der Waals surface area contributed by atoms with Gasteiger partial charge in [0.05, 0.1) is 0 Å². The van der Waals surface area contributed by atoms with Gasteiger partial charge in [-0.15, -0.1) is 0 Å². The molecule has 1 aliphatic heterocycles. The van der Waals surface area contributed by atoms with Gasteiger partial charge in [0.2, 0.25) is 5.43 Å². The van der Waals surface area contributed by atoms with E-state index in [2.05, 4.69) is 9.97 Å². The van der Waals surface area contributed by atoms with Crippen molar-refractivity contribution >= 4 is 22.0 Å². The summed E-state index contributed by atoms with van der Waals surface area (Å²) in [5.74, 6) is 0.498. The van der Waals surface area contributed by atoms with Gasteiger partial charge >= 0.3 is 0 Å². The molecule has 0 atom stereocenters. The molecule has 1 aromatic carbocycles. The molecule has 0 saturated heterocycles. The summed E-state index contributed by atoms with van der Waals surface area (Å²) in [5, 5.41) is 0.724. The maximum Gasteiger partial charge on any atom is 0.208 e. The monoisotopic (exact) mass is 262 g/mol. The average Bonchev–Trinajstić information content (AvgIpc) is 2.47. The minimum atomic E-state index is -0.147. The molecule has 1 aliphatic carbocycles. The number of aryl methyl sites for hydroxylation is 1. The van der Waals surface area contributed by atoms with Crippen LogP contribution in [0.2, 0.25) is 0 Å². The largest absolute Gasteiger partial charge is 0.452 e. The minimum Gasteiger partial charge on any atom is -0.452 e. The van der Waals surface area contributed by atoms with Crippen LogP contribution in [-0.4, -0.2) is 9.97 Å². The Hall–Kier alpha value is -2.75. The number of hydrogen-bond acceptors (Lipinski definition) is 4. The van der Waals surface area contributed by atoms with Crippen LogP contribution in [0.1, 0.15) is 5.56 Å². The van der Waals surface area contributed by atoms with Crippen molar-refractivity contribution in [2.24, 2.45) is 0 Å². The van der Waals surface area contributed by atoms with Crippen LogP contribution < -0.4 is 5.43 Å². The number of para-hydroxylation sites is 1. The van der Waals surface area contributed by atoms with Gasteiger partial charge in [0.1, 0.15) is 16.7 Å². The lowest BCUT2D eigenvalue weighted by molar-refractivity contribution is 0.611. The van der Waals surface area contributed by atoms with Crippen molar-refractivity contribution in [1.29, 1.82) is 0 Å². The van der Waals surface area contributed by atoms with Crippen LogP contribution in [0.5, 0.6) is 0 Å². The molecule has 96 valence electrons.